The summed E-state index contributed by atoms with van der Waals surface area (Å²) in [6.45, 7) is 18.0. The van der Waals surface area contributed by atoms with Gasteiger partial charge in [-0.25, -0.2) is 0 Å². The summed E-state index contributed by atoms with van der Waals surface area (Å²) in [5.74, 6) is 0. The van der Waals surface area contributed by atoms with E-state index in [0.717, 1.165) is 19.4 Å². The standard InChI is InChI=1S/C13H35NO3Si3/c1-13(15-2,16-3)18-11-10-17-12-14(19(4,5)6)20(7,8)9/h10-12,18H2,1-9H3. The van der Waals surface area contributed by atoms with Crippen LogP contribution in [0.5, 0.6) is 0 Å². The monoisotopic (exact) mass is 337 g/mol. The Bertz CT molecular complexity index is 259. The van der Waals surface area contributed by atoms with Crippen LogP contribution in [0.3, 0.4) is 0 Å². The van der Waals surface area contributed by atoms with Crippen molar-refractivity contribution in [3.8, 4) is 0 Å². The van der Waals surface area contributed by atoms with E-state index in [1.807, 2.05) is 6.92 Å². The predicted octanol–water partition coefficient (Wildman–Crippen LogP) is 2.49. The van der Waals surface area contributed by atoms with E-state index < -0.39 is 26.0 Å². The molecule has 0 bridgehead atoms. The second-order valence-electron chi connectivity index (χ2n) is 7.45. The Balaban J connectivity index is 4.16. The SMILES string of the molecule is COC(C)(OC)[SiH2]CCOCN([Si](C)(C)C)[Si](C)(C)C. The van der Waals surface area contributed by atoms with Crippen LogP contribution in [0.4, 0.5) is 0 Å². The Labute approximate surface area is 130 Å². The first-order valence-corrected chi connectivity index (χ1v) is 16.0. The highest BCUT2D eigenvalue weighted by Crippen LogP contribution is 2.19. The topological polar surface area (TPSA) is 30.9 Å². The van der Waals surface area contributed by atoms with E-state index in [9.17, 15) is 0 Å². The second kappa shape index (κ2) is 8.21. The van der Waals surface area contributed by atoms with Gasteiger partial charge in [0.2, 0.25) is 0 Å². The Morgan fingerprint density at radius 2 is 1.40 bits per heavy atom. The third-order valence-corrected chi connectivity index (χ3v) is 13.3. The zero-order chi connectivity index (χ0) is 16.0. The zero-order valence-electron chi connectivity index (χ0n) is 15.0. The molecule has 0 atom stereocenters. The molecule has 0 N–H and O–H groups in total. The van der Waals surface area contributed by atoms with E-state index in [2.05, 4.69) is 43.5 Å². The molecular weight excluding hydrogens is 302 g/mol. The van der Waals surface area contributed by atoms with Crippen LogP contribution >= 0.6 is 0 Å². The number of hydrogen-bond acceptors (Lipinski definition) is 4. The molecule has 0 aliphatic rings. The molecule has 0 saturated carbocycles. The van der Waals surface area contributed by atoms with Gasteiger partial charge in [0.15, 0.2) is 0 Å². The van der Waals surface area contributed by atoms with E-state index >= 15 is 0 Å². The zero-order valence-corrected chi connectivity index (χ0v) is 18.4. The van der Waals surface area contributed by atoms with Crippen molar-refractivity contribution in [1.29, 1.82) is 0 Å². The van der Waals surface area contributed by atoms with Crippen molar-refractivity contribution < 1.29 is 14.2 Å². The van der Waals surface area contributed by atoms with Crippen molar-refractivity contribution in [2.45, 2.75) is 57.7 Å². The van der Waals surface area contributed by atoms with Gasteiger partial charge < -0.3 is 18.4 Å². The Morgan fingerprint density at radius 1 is 0.950 bits per heavy atom. The van der Waals surface area contributed by atoms with Crippen LogP contribution in [-0.4, -0.2) is 63.2 Å². The second-order valence-corrected chi connectivity index (χ2v) is 20.2. The number of ether oxygens (including phenoxy) is 3. The van der Waals surface area contributed by atoms with E-state index in [-0.39, 0.29) is 5.41 Å². The first kappa shape index (κ1) is 20.5. The Hall–Kier alpha value is 0.491. The van der Waals surface area contributed by atoms with Gasteiger partial charge in [-0.15, -0.1) is 0 Å². The van der Waals surface area contributed by atoms with E-state index in [1.165, 1.54) is 0 Å². The van der Waals surface area contributed by atoms with Crippen molar-refractivity contribution in [2.24, 2.45) is 0 Å². The molecule has 0 amide bonds. The molecule has 0 unspecified atom stereocenters. The van der Waals surface area contributed by atoms with Crippen LogP contribution in [-0.2, 0) is 14.2 Å². The van der Waals surface area contributed by atoms with Gasteiger partial charge >= 0.3 is 0 Å². The fourth-order valence-corrected chi connectivity index (χ4v) is 12.7. The maximum atomic E-state index is 5.95. The lowest BCUT2D eigenvalue weighted by Gasteiger charge is -2.43. The number of rotatable bonds is 10. The number of hydrogen-bond donors (Lipinski definition) is 0. The molecule has 0 saturated heterocycles. The van der Waals surface area contributed by atoms with Gasteiger partial charge in [0.1, 0.15) is 21.9 Å². The van der Waals surface area contributed by atoms with Gasteiger partial charge in [0.05, 0.1) is 16.3 Å². The highest BCUT2D eigenvalue weighted by molar-refractivity contribution is 6.89. The van der Waals surface area contributed by atoms with Gasteiger partial charge in [0, 0.05) is 20.8 Å². The maximum absolute atomic E-state index is 5.95. The molecule has 0 aliphatic heterocycles. The van der Waals surface area contributed by atoms with E-state index in [0.29, 0.717) is 0 Å². The number of methoxy groups -OCH3 is 2. The first-order chi connectivity index (χ1) is 8.96. The Kier molecular flexibility index (Phi) is 8.41. The van der Waals surface area contributed by atoms with Crippen molar-refractivity contribution in [3.05, 3.63) is 0 Å². The van der Waals surface area contributed by atoms with Gasteiger partial charge in [-0.1, -0.05) is 39.3 Å². The molecule has 0 radical (unpaired) electrons. The lowest BCUT2D eigenvalue weighted by atomic mass is 10.7. The fourth-order valence-electron chi connectivity index (χ4n) is 2.33. The van der Waals surface area contributed by atoms with Crippen LogP contribution in [0.15, 0.2) is 0 Å². The fraction of sp³-hybridized carbons (Fsp3) is 1.00. The quantitative estimate of drug-likeness (QED) is 0.348. The molecule has 0 aromatic heterocycles. The van der Waals surface area contributed by atoms with Crippen LogP contribution in [0.2, 0.25) is 45.3 Å². The average molecular weight is 338 g/mol. The van der Waals surface area contributed by atoms with Crippen LogP contribution in [0.25, 0.3) is 0 Å². The van der Waals surface area contributed by atoms with E-state index in [4.69, 9.17) is 14.2 Å². The van der Waals surface area contributed by atoms with Crippen LogP contribution < -0.4 is 0 Å². The highest BCUT2D eigenvalue weighted by Gasteiger charge is 2.34. The van der Waals surface area contributed by atoms with Gasteiger partial charge in [-0.2, -0.15) is 0 Å². The molecule has 0 aromatic carbocycles. The third-order valence-electron chi connectivity index (χ3n) is 3.62. The first-order valence-electron chi connectivity index (χ1n) is 7.42. The van der Waals surface area contributed by atoms with Crippen LogP contribution in [0.1, 0.15) is 6.92 Å². The molecule has 20 heavy (non-hydrogen) atoms. The normalized spacial score (nSPS) is 14.7. The molecular formula is C13H35NO3Si3. The number of nitrogens with zero attached hydrogens (tertiary/aromatic N) is 1. The summed E-state index contributed by atoms with van der Waals surface area (Å²) in [6.07, 6.45) is 0. The molecule has 122 valence electrons. The van der Waals surface area contributed by atoms with Gasteiger partial charge in [-0.05, 0) is 13.0 Å². The summed E-state index contributed by atoms with van der Waals surface area (Å²) in [7, 11) is 0.385. The van der Waals surface area contributed by atoms with Crippen LogP contribution in [0, 0.1) is 0 Å². The van der Waals surface area contributed by atoms with Gasteiger partial charge in [-0.3, -0.25) is 0 Å². The smallest absolute Gasteiger partial charge is 0.141 e. The average Bonchev–Trinajstić information content (AvgIpc) is 2.30. The summed E-state index contributed by atoms with van der Waals surface area (Å²) in [6, 6.07) is 1.09. The maximum Gasteiger partial charge on any atom is 0.141 e. The minimum atomic E-state index is -1.30. The van der Waals surface area contributed by atoms with Crippen molar-refractivity contribution in [3.63, 3.8) is 0 Å². The van der Waals surface area contributed by atoms with Crippen molar-refractivity contribution in [1.82, 2.24) is 4.23 Å². The lowest BCUT2D eigenvalue weighted by Crippen LogP contribution is -2.59. The van der Waals surface area contributed by atoms with E-state index in [1.54, 1.807) is 14.2 Å². The summed E-state index contributed by atoms with van der Waals surface area (Å²) in [5, 5.41) is 0. The summed E-state index contributed by atoms with van der Waals surface area (Å²) in [4.78, 5) is 0. The summed E-state index contributed by atoms with van der Waals surface area (Å²) >= 11 is 0. The van der Waals surface area contributed by atoms with Crippen molar-refractivity contribution in [2.75, 3.05) is 27.6 Å². The molecule has 0 heterocycles. The predicted molar refractivity (Wildman–Crippen MR) is 95.1 cm³/mol. The highest BCUT2D eigenvalue weighted by atomic mass is 28.4. The molecule has 0 fully saturated rings. The largest absolute Gasteiger partial charge is 0.368 e. The minimum Gasteiger partial charge on any atom is -0.368 e. The van der Waals surface area contributed by atoms with Gasteiger partial charge in [0.25, 0.3) is 0 Å². The molecule has 0 aliphatic carbocycles. The Morgan fingerprint density at radius 3 is 1.75 bits per heavy atom. The molecule has 0 rings (SSSR count). The molecule has 0 spiro atoms. The molecule has 0 aromatic rings. The molecule has 4 nitrogen and oxygen atoms in total. The lowest BCUT2D eigenvalue weighted by molar-refractivity contribution is -0.131. The summed E-state index contributed by atoms with van der Waals surface area (Å²) < 4.78 is 19.4. The summed E-state index contributed by atoms with van der Waals surface area (Å²) in [5.41, 5.74) is -0.347. The molecule has 7 heteroatoms. The minimum absolute atomic E-state index is 0.347. The van der Waals surface area contributed by atoms with Crippen molar-refractivity contribution >= 4 is 26.0 Å². The third kappa shape index (κ3) is 7.49.